The van der Waals surface area contributed by atoms with Gasteiger partial charge in [0.2, 0.25) is 5.79 Å². The number of hydrogen-bond donors (Lipinski definition) is 0. The SMILES string of the molecule is C[C@H]1[C@@H](OCc2cccc(CN3CCN(c4ccccc4)CC3)c2)O[C@@H]2O[C@@]3(C)CC[C@H]4[C@H](C)CC[C@@H]1[C@@]24OO3. The fourth-order valence-electron chi connectivity index (χ4n) is 8.12. The molecule has 6 fully saturated rings. The zero-order valence-corrected chi connectivity index (χ0v) is 24.2. The van der Waals surface area contributed by atoms with Gasteiger partial charge in [-0.15, -0.1) is 0 Å². The van der Waals surface area contributed by atoms with E-state index in [0.717, 1.165) is 52.0 Å². The third kappa shape index (κ3) is 4.79. The van der Waals surface area contributed by atoms with Crippen molar-refractivity contribution >= 4 is 5.69 Å². The predicted octanol–water partition coefficient (Wildman–Crippen LogP) is 5.73. The smallest absolute Gasteiger partial charge is 0.201 e. The summed E-state index contributed by atoms with van der Waals surface area (Å²) in [7, 11) is 0. The molecular formula is C33H44N2O5. The molecule has 0 amide bonds. The maximum atomic E-state index is 6.61. The lowest BCUT2D eigenvalue weighted by molar-refractivity contribution is -0.577. The van der Waals surface area contributed by atoms with Crippen LogP contribution in [0.15, 0.2) is 54.6 Å². The van der Waals surface area contributed by atoms with E-state index in [1.807, 2.05) is 6.92 Å². The molecule has 2 aromatic carbocycles. The van der Waals surface area contributed by atoms with Gasteiger partial charge in [0.15, 0.2) is 18.2 Å². The third-order valence-electron chi connectivity index (χ3n) is 10.4. The number of fused-ring (bicyclic) bond motifs is 2. The summed E-state index contributed by atoms with van der Waals surface area (Å²) in [6.07, 6.45) is 3.34. The van der Waals surface area contributed by atoms with Crippen LogP contribution in [0.1, 0.15) is 57.6 Å². The van der Waals surface area contributed by atoms with Crippen molar-refractivity contribution in [3.8, 4) is 0 Å². The predicted molar refractivity (Wildman–Crippen MR) is 152 cm³/mol. The van der Waals surface area contributed by atoms with Crippen LogP contribution >= 0.6 is 0 Å². The van der Waals surface area contributed by atoms with Gasteiger partial charge in [-0.3, -0.25) is 4.90 Å². The molecule has 6 aliphatic rings. The Morgan fingerprint density at radius 1 is 0.875 bits per heavy atom. The Hall–Kier alpha value is -2.00. The molecule has 2 aromatic rings. The summed E-state index contributed by atoms with van der Waals surface area (Å²) in [6, 6.07) is 19.6. The minimum atomic E-state index is -0.760. The first-order chi connectivity index (χ1) is 19.4. The lowest BCUT2D eigenvalue weighted by Crippen LogP contribution is -2.70. The maximum absolute atomic E-state index is 6.61. The summed E-state index contributed by atoms with van der Waals surface area (Å²) < 4.78 is 19.6. The van der Waals surface area contributed by atoms with Crippen LogP contribution in [0.3, 0.4) is 0 Å². The highest BCUT2D eigenvalue weighted by atomic mass is 17.3. The van der Waals surface area contributed by atoms with Crippen molar-refractivity contribution in [2.24, 2.45) is 23.7 Å². The first kappa shape index (κ1) is 26.9. The molecule has 0 N–H and O–H groups in total. The van der Waals surface area contributed by atoms with E-state index in [1.165, 1.54) is 23.2 Å². The Kier molecular flexibility index (Phi) is 7.18. The number of rotatable bonds is 6. The molecule has 0 radical (unpaired) electrons. The highest BCUT2D eigenvalue weighted by Crippen LogP contribution is 2.60. The molecule has 0 unspecified atom stereocenters. The first-order valence-corrected chi connectivity index (χ1v) is 15.4. The van der Waals surface area contributed by atoms with Crippen LogP contribution in [0.2, 0.25) is 0 Å². The van der Waals surface area contributed by atoms with Gasteiger partial charge < -0.3 is 19.1 Å². The molecular weight excluding hydrogens is 504 g/mol. The molecule has 5 heterocycles. The quantitative estimate of drug-likeness (QED) is 0.427. The minimum Gasteiger partial charge on any atom is -0.369 e. The molecule has 7 nitrogen and oxygen atoms in total. The van der Waals surface area contributed by atoms with Gasteiger partial charge in [0.1, 0.15) is 0 Å². The molecule has 7 heteroatoms. The van der Waals surface area contributed by atoms with Gasteiger partial charge in [0, 0.05) is 56.7 Å². The highest BCUT2D eigenvalue weighted by Gasteiger charge is 2.69. The molecule has 40 heavy (non-hydrogen) atoms. The Morgan fingerprint density at radius 2 is 1.68 bits per heavy atom. The fraction of sp³-hybridized carbons (Fsp3) is 0.636. The van der Waals surface area contributed by atoms with Gasteiger partial charge in [-0.25, -0.2) is 9.78 Å². The van der Waals surface area contributed by atoms with E-state index in [4.69, 9.17) is 24.0 Å². The van der Waals surface area contributed by atoms with Crippen LogP contribution in [0.4, 0.5) is 5.69 Å². The van der Waals surface area contributed by atoms with Crippen LogP contribution in [0.5, 0.6) is 0 Å². The molecule has 2 bridgehead atoms. The molecule has 8 atom stereocenters. The molecule has 5 saturated heterocycles. The monoisotopic (exact) mass is 548 g/mol. The molecule has 8 rings (SSSR count). The number of ether oxygens (including phenoxy) is 3. The van der Waals surface area contributed by atoms with Crippen molar-refractivity contribution in [1.82, 2.24) is 4.90 Å². The summed E-state index contributed by atoms with van der Waals surface area (Å²) >= 11 is 0. The summed E-state index contributed by atoms with van der Waals surface area (Å²) in [5, 5.41) is 0. The van der Waals surface area contributed by atoms with E-state index in [-0.39, 0.29) is 18.1 Å². The number of anilines is 1. The Balaban J connectivity index is 0.988. The van der Waals surface area contributed by atoms with Crippen LogP contribution in [-0.2, 0) is 37.1 Å². The number of hydrogen-bond acceptors (Lipinski definition) is 7. The molecule has 5 aliphatic heterocycles. The van der Waals surface area contributed by atoms with Crippen LogP contribution in [0, 0.1) is 23.7 Å². The summed E-state index contributed by atoms with van der Waals surface area (Å²) in [5.41, 5.74) is 3.29. The van der Waals surface area contributed by atoms with Crippen molar-refractivity contribution < 1.29 is 24.0 Å². The first-order valence-electron chi connectivity index (χ1n) is 15.4. The van der Waals surface area contributed by atoms with Gasteiger partial charge in [-0.05, 0) is 61.3 Å². The average molecular weight is 549 g/mol. The number of nitrogens with zero attached hydrogens (tertiary/aromatic N) is 2. The lowest BCUT2D eigenvalue weighted by atomic mass is 9.58. The fourth-order valence-corrected chi connectivity index (χ4v) is 8.12. The van der Waals surface area contributed by atoms with Gasteiger partial charge in [0.05, 0.1) is 6.61 Å². The average Bonchev–Trinajstić information content (AvgIpc) is 3.21. The van der Waals surface area contributed by atoms with E-state index in [2.05, 4.69) is 78.2 Å². The normalized spacial score (nSPS) is 39.5. The van der Waals surface area contributed by atoms with E-state index in [1.54, 1.807) is 0 Å². The van der Waals surface area contributed by atoms with Crippen LogP contribution < -0.4 is 4.90 Å². The Morgan fingerprint density at radius 3 is 2.50 bits per heavy atom. The van der Waals surface area contributed by atoms with Crippen molar-refractivity contribution in [3.63, 3.8) is 0 Å². The second kappa shape index (κ2) is 10.7. The topological polar surface area (TPSA) is 52.6 Å². The number of benzene rings is 2. The summed E-state index contributed by atoms with van der Waals surface area (Å²) in [6.45, 7) is 12.3. The van der Waals surface area contributed by atoms with Crippen LogP contribution in [0.25, 0.3) is 0 Å². The van der Waals surface area contributed by atoms with Gasteiger partial charge in [-0.2, -0.15) is 0 Å². The second-order valence-electron chi connectivity index (χ2n) is 13.0. The maximum Gasteiger partial charge on any atom is 0.201 e. The zero-order chi connectivity index (χ0) is 27.3. The van der Waals surface area contributed by atoms with E-state index >= 15 is 0 Å². The van der Waals surface area contributed by atoms with Crippen molar-refractivity contribution in [1.29, 1.82) is 0 Å². The zero-order valence-electron chi connectivity index (χ0n) is 24.2. The van der Waals surface area contributed by atoms with Gasteiger partial charge in [0.25, 0.3) is 0 Å². The minimum absolute atomic E-state index is 0.185. The van der Waals surface area contributed by atoms with Crippen LogP contribution in [-0.4, -0.2) is 55.0 Å². The largest absolute Gasteiger partial charge is 0.369 e. The third-order valence-corrected chi connectivity index (χ3v) is 10.4. The highest BCUT2D eigenvalue weighted by molar-refractivity contribution is 5.46. The van der Waals surface area contributed by atoms with E-state index in [9.17, 15) is 0 Å². The Bertz CT molecular complexity index is 1170. The number of para-hydroxylation sites is 1. The molecule has 1 saturated carbocycles. The van der Waals surface area contributed by atoms with Crippen molar-refractivity contribution in [2.45, 2.75) is 83.6 Å². The summed E-state index contributed by atoms with van der Waals surface area (Å²) in [4.78, 5) is 17.3. The molecule has 1 spiro atoms. The molecule has 216 valence electrons. The van der Waals surface area contributed by atoms with Crippen molar-refractivity contribution in [3.05, 3.63) is 65.7 Å². The lowest BCUT2D eigenvalue weighted by Gasteiger charge is -2.60. The number of piperazine rings is 1. The molecule has 1 aliphatic carbocycles. The van der Waals surface area contributed by atoms with Crippen molar-refractivity contribution in [2.75, 3.05) is 31.1 Å². The standard InChI is InChI=1S/C33H44N2O5/c1-23-12-13-29-24(2)30(37-31-33(29)28(23)14-15-32(3,38-31)39-40-33)36-22-26-9-7-8-25(20-26)21-34-16-18-35(19-17-34)27-10-5-4-6-11-27/h4-11,20,23-24,28-31H,12-19,21-22H2,1-3H3/t23-,24-,28+,29+,30+,31-,32-,33-/m1/s1. The Labute approximate surface area is 238 Å². The second-order valence-corrected chi connectivity index (χ2v) is 13.0. The van der Waals surface area contributed by atoms with Gasteiger partial charge in [-0.1, -0.05) is 56.3 Å². The van der Waals surface area contributed by atoms with E-state index in [0.29, 0.717) is 18.4 Å². The van der Waals surface area contributed by atoms with Gasteiger partial charge >= 0.3 is 0 Å². The molecule has 0 aromatic heterocycles. The summed E-state index contributed by atoms with van der Waals surface area (Å²) in [5.74, 6) is 0.633. The van der Waals surface area contributed by atoms with E-state index < -0.39 is 17.7 Å².